The molecule has 34 heavy (non-hydrogen) atoms. The first-order chi connectivity index (χ1) is 16.4. The minimum Gasteiger partial charge on any atom is -0.302 e. The minimum absolute atomic E-state index is 0.00985. The predicted octanol–water partition coefficient (Wildman–Crippen LogP) is 0.934. The van der Waals surface area contributed by atoms with Crippen LogP contribution >= 0.6 is 0 Å². The second kappa shape index (κ2) is 8.86. The summed E-state index contributed by atoms with van der Waals surface area (Å²) in [5, 5.41) is 0. The van der Waals surface area contributed by atoms with Crippen LogP contribution < -0.4 is 0 Å². The van der Waals surface area contributed by atoms with Gasteiger partial charge in [0.25, 0.3) is 0 Å². The van der Waals surface area contributed by atoms with Crippen LogP contribution in [0.2, 0.25) is 0 Å². The molecule has 6 aliphatic rings. The molecule has 8 heteroatoms. The molecule has 0 N–H and O–H groups in total. The van der Waals surface area contributed by atoms with Crippen LogP contribution in [0.5, 0.6) is 0 Å². The van der Waals surface area contributed by atoms with Crippen molar-refractivity contribution in [2.24, 2.45) is 47.3 Å². The van der Waals surface area contributed by atoms with Gasteiger partial charge in [-0.3, -0.25) is 29.0 Å². The number of hydrogen-bond acceptors (Lipinski definition) is 6. The molecule has 2 heterocycles. The average molecular weight is 471 g/mol. The molecular formula is C26H38N4O4. The second-order valence-corrected chi connectivity index (χ2v) is 10.5. The van der Waals surface area contributed by atoms with Gasteiger partial charge in [0.05, 0.1) is 23.7 Å². The maximum Gasteiger partial charge on any atom is 0.233 e. The quantitative estimate of drug-likeness (QED) is 0.349. The van der Waals surface area contributed by atoms with Crippen molar-refractivity contribution in [1.82, 2.24) is 19.6 Å². The van der Waals surface area contributed by atoms with E-state index in [4.69, 9.17) is 0 Å². The number of likely N-dealkylation sites (N-methyl/N-ethyl adjacent to an activating group) is 2. The Kier molecular flexibility index (Phi) is 6.17. The van der Waals surface area contributed by atoms with Gasteiger partial charge in [0, 0.05) is 26.2 Å². The van der Waals surface area contributed by atoms with Gasteiger partial charge in [-0.1, -0.05) is 39.8 Å². The van der Waals surface area contributed by atoms with E-state index in [1.807, 2.05) is 0 Å². The molecule has 8 nitrogen and oxygen atoms in total. The Morgan fingerprint density at radius 1 is 0.588 bits per heavy atom. The zero-order valence-corrected chi connectivity index (χ0v) is 20.9. The molecule has 4 fully saturated rings. The zero-order valence-electron chi connectivity index (χ0n) is 20.9. The van der Waals surface area contributed by atoms with E-state index in [9.17, 15) is 19.2 Å². The summed E-state index contributed by atoms with van der Waals surface area (Å²) >= 11 is 0. The van der Waals surface area contributed by atoms with Crippen molar-refractivity contribution in [3.05, 3.63) is 12.2 Å². The Labute approximate surface area is 202 Å². The number of nitrogens with zero attached hydrogens (tertiary/aromatic N) is 4. The number of hydrogen-bond donors (Lipinski definition) is 0. The monoisotopic (exact) mass is 470 g/mol. The number of fused-ring (bicyclic) bond motifs is 1. The molecule has 0 aromatic rings. The van der Waals surface area contributed by atoms with E-state index in [-0.39, 0.29) is 71.0 Å². The molecule has 0 aromatic heterocycles. The molecule has 0 radical (unpaired) electrons. The Bertz CT molecular complexity index is 854. The number of allylic oxidation sites excluding steroid dienone is 2. The number of rotatable bonds is 10. The van der Waals surface area contributed by atoms with Gasteiger partial charge >= 0.3 is 0 Å². The maximum absolute atomic E-state index is 13.4. The first kappa shape index (κ1) is 23.7. The smallest absolute Gasteiger partial charge is 0.233 e. The molecule has 8 atom stereocenters. The Balaban J connectivity index is 1.34. The van der Waals surface area contributed by atoms with Gasteiger partial charge in [-0.25, -0.2) is 0 Å². The van der Waals surface area contributed by atoms with E-state index in [1.54, 1.807) is 0 Å². The van der Waals surface area contributed by atoms with Crippen LogP contribution in [0, 0.1) is 47.3 Å². The van der Waals surface area contributed by atoms with Crippen LogP contribution in [0.1, 0.15) is 27.7 Å². The SMILES string of the molecule is CCN(CC)CCN1C(=O)[C@H]2[C@H]3C=C[C@@H]([C@@H]2C1=O)[C@H]1[C@H]2C(=O)N(CCN(CC)CC)C(=O)[C@@H]2[C@H]31. The first-order valence-corrected chi connectivity index (χ1v) is 13.2. The molecule has 186 valence electrons. The molecule has 2 aliphatic heterocycles. The molecule has 2 saturated heterocycles. The van der Waals surface area contributed by atoms with Crippen LogP contribution in [0.15, 0.2) is 12.2 Å². The summed E-state index contributed by atoms with van der Waals surface area (Å²) in [6.07, 6.45) is 4.16. The van der Waals surface area contributed by atoms with Crippen LogP contribution in [0.25, 0.3) is 0 Å². The van der Waals surface area contributed by atoms with Gasteiger partial charge in [-0.05, 0) is 49.9 Å². The number of amides is 4. The van der Waals surface area contributed by atoms with Crippen molar-refractivity contribution in [2.45, 2.75) is 27.7 Å². The number of carbonyl (C=O) groups is 4. The number of imide groups is 2. The third-order valence-electron chi connectivity index (χ3n) is 9.59. The summed E-state index contributed by atoms with van der Waals surface area (Å²) in [5.41, 5.74) is 0. The summed E-state index contributed by atoms with van der Waals surface area (Å²) in [6, 6.07) is 0. The van der Waals surface area contributed by atoms with E-state index in [2.05, 4.69) is 49.6 Å². The van der Waals surface area contributed by atoms with E-state index in [1.165, 1.54) is 9.80 Å². The van der Waals surface area contributed by atoms with Crippen molar-refractivity contribution < 1.29 is 19.2 Å². The molecule has 0 spiro atoms. The lowest BCUT2D eigenvalue weighted by atomic mass is 9.40. The predicted molar refractivity (Wildman–Crippen MR) is 126 cm³/mol. The fraction of sp³-hybridized carbons (Fsp3) is 0.769. The van der Waals surface area contributed by atoms with Gasteiger partial charge in [-0.2, -0.15) is 0 Å². The average Bonchev–Trinajstić information content (AvgIpc) is 3.20. The number of carbonyl (C=O) groups excluding carboxylic acids is 4. The van der Waals surface area contributed by atoms with Crippen molar-refractivity contribution >= 4 is 23.6 Å². The highest BCUT2D eigenvalue weighted by Gasteiger charge is 2.74. The summed E-state index contributed by atoms with van der Waals surface area (Å²) < 4.78 is 0. The lowest BCUT2D eigenvalue weighted by Gasteiger charge is -2.60. The highest BCUT2D eigenvalue weighted by Crippen LogP contribution is 2.68. The Morgan fingerprint density at radius 2 is 0.912 bits per heavy atom. The lowest BCUT2D eigenvalue weighted by Crippen LogP contribution is -2.63. The van der Waals surface area contributed by atoms with E-state index < -0.39 is 0 Å². The summed E-state index contributed by atoms with van der Waals surface area (Å²) in [4.78, 5) is 60.9. The molecule has 2 bridgehead atoms. The Morgan fingerprint density at radius 3 is 1.24 bits per heavy atom. The van der Waals surface area contributed by atoms with Crippen LogP contribution in [0.4, 0.5) is 0 Å². The highest BCUT2D eigenvalue weighted by molar-refractivity contribution is 6.09. The van der Waals surface area contributed by atoms with Gasteiger partial charge in [0.2, 0.25) is 23.6 Å². The second-order valence-electron chi connectivity index (χ2n) is 10.5. The van der Waals surface area contributed by atoms with Crippen molar-refractivity contribution in [2.75, 3.05) is 52.4 Å². The zero-order chi connectivity index (χ0) is 24.3. The van der Waals surface area contributed by atoms with Gasteiger partial charge in [0.1, 0.15) is 0 Å². The first-order valence-electron chi connectivity index (χ1n) is 13.2. The standard InChI is InChI=1S/C26H38N4O4/c1-5-27(6-2)11-13-29-23(31)19-15-9-10-16(20(19)24(29)32)18-17(15)21-22(18)26(34)30(25(21)33)14-12-28(7-3)8-4/h9-10,15-22H,5-8,11-14H2,1-4H3/t15-,16+,17-,18-,19+,20+,21-,22-/m1/s1. The minimum atomic E-state index is -0.367. The summed E-state index contributed by atoms with van der Waals surface area (Å²) in [6.45, 7) is 14.1. The van der Waals surface area contributed by atoms with Crippen LogP contribution in [-0.2, 0) is 19.2 Å². The van der Waals surface area contributed by atoms with Gasteiger partial charge < -0.3 is 9.80 Å². The molecule has 0 unspecified atom stereocenters. The fourth-order valence-corrected chi connectivity index (χ4v) is 7.73. The lowest BCUT2D eigenvalue weighted by molar-refractivity contribution is -0.166. The van der Waals surface area contributed by atoms with Gasteiger partial charge in [0.15, 0.2) is 0 Å². The van der Waals surface area contributed by atoms with Gasteiger partial charge in [-0.15, -0.1) is 0 Å². The van der Waals surface area contributed by atoms with E-state index in [0.29, 0.717) is 26.2 Å². The van der Waals surface area contributed by atoms with Crippen molar-refractivity contribution in [1.29, 1.82) is 0 Å². The topological polar surface area (TPSA) is 81.2 Å². The highest BCUT2D eigenvalue weighted by atomic mass is 16.2. The number of likely N-dealkylation sites (tertiary alicyclic amines) is 2. The fourth-order valence-electron chi connectivity index (χ4n) is 7.73. The third-order valence-corrected chi connectivity index (χ3v) is 9.59. The molecule has 2 saturated carbocycles. The van der Waals surface area contributed by atoms with E-state index in [0.717, 1.165) is 26.2 Å². The molecule has 4 amide bonds. The molecule has 6 rings (SSSR count). The van der Waals surface area contributed by atoms with Crippen LogP contribution in [0.3, 0.4) is 0 Å². The third kappa shape index (κ3) is 3.17. The van der Waals surface area contributed by atoms with Crippen LogP contribution in [-0.4, -0.2) is 95.6 Å². The van der Waals surface area contributed by atoms with Crippen molar-refractivity contribution in [3.63, 3.8) is 0 Å². The van der Waals surface area contributed by atoms with E-state index >= 15 is 0 Å². The maximum atomic E-state index is 13.4. The molecule has 0 aromatic carbocycles. The molecule has 4 aliphatic carbocycles. The molecular weight excluding hydrogens is 432 g/mol. The van der Waals surface area contributed by atoms with Crippen molar-refractivity contribution in [3.8, 4) is 0 Å². The summed E-state index contributed by atoms with van der Waals surface area (Å²) in [7, 11) is 0. The summed E-state index contributed by atoms with van der Waals surface area (Å²) in [5.74, 6) is -1.84. The Hall–Kier alpha value is -2.06. The largest absolute Gasteiger partial charge is 0.302 e. The normalized spacial score (nSPS) is 37.7.